The van der Waals surface area contributed by atoms with E-state index in [0.717, 1.165) is 19.3 Å². The number of nitrogens with one attached hydrogen (secondary N) is 1. The maximum absolute atomic E-state index is 11.7. The Morgan fingerprint density at radius 3 is 2.76 bits per heavy atom. The Bertz CT molecular complexity index is 352. The number of sulfone groups is 1. The molecule has 1 heterocycles. The van der Waals surface area contributed by atoms with Gasteiger partial charge in [0.05, 0.1) is 5.75 Å². The van der Waals surface area contributed by atoms with Gasteiger partial charge in [-0.1, -0.05) is 6.42 Å². The molecule has 1 rings (SSSR count). The van der Waals surface area contributed by atoms with Crippen molar-refractivity contribution in [1.29, 1.82) is 0 Å². The van der Waals surface area contributed by atoms with Crippen LogP contribution >= 0.6 is 0 Å². The number of rotatable bonds is 5. The van der Waals surface area contributed by atoms with E-state index in [1.807, 2.05) is 6.92 Å². The van der Waals surface area contributed by atoms with Gasteiger partial charge in [-0.25, -0.2) is 8.42 Å². The minimum absolute atomic E-state index is 0.116. The van der Waals surface area contributed by atoms with Crippen LogP contribution in [0.15, 0.2) is 0 Å². The monoisotopic (exact) mass is 262 g/mol. The first-order chi connectivity index (χ1) is 7.93. The predicted octanol–water partition coefficient (Wildman–Crippen LogP) is 0.197. The molecule has 2 unspecified atom stereocenters. The van der Waals surface area contributed by atoms with Crippen LogP contribution in [0.1, 0.15) is 39.0 Å². The van der Waals surface area contributed by atoms with E-state index in [0.29, 0.717) is 19.4 Å². The summed E-state index contributed by atoms with van der Waals surface area (Å²) >= 11 is 0. The molecule has 6 heteroatoms. The number of hydrogen-bond donors (Lipinski definition) is 2. The van der Waals surface area contributed by atoms with Crippen LogP contribution in [-0.4, -0.2) is 37.9 Å². The van der Waals surface area contributed by atoms with Crippen molar-refractivity contribution < 1.29 is 13.2 Å². The summed E-state index contributed by atoms with van der Waals surface area (Å²) in [7, 11) is -3.21. The van der Waals surface area contributed by atoms with Gasteiger partial charge in [0, 0.05) is 12.6 Å². The molecule has 0 saturated carbocycles. The lowest BCUT2D eigenvalue weighted by Gasteiger charge is -2.21. The average molecular weight is 262 g/mol. The Morgan fingerprint density at radius 1 is 1.47 bits per heavy atom. The lowest BCUT2D eigenvalue weighted by Crippen LogP contribution is -2.43. The molecule has 0 bridgehead atoms. The lowest BCUT2D eigenvalue weighted by molar-refractivity contribution is -0.120. The summed E-state index contributed by atoms with van der Waals surface area (Å²) in [6.07, 6.45) is 3.57. The number of nitrogens with two attached hydrogens (primary N) is 1. The zero-order valence-electron chi connectivity index (χ0n) is 10.3. The third kappa shape index (κ3) is 4.63. The van der Waals surface area contributed by atoms with E-state index in [9.17, 15) is 13.2 Å². The molecular weight excluding hydrogens is 240 g/mol. The van der Waals surface area contributed by atoms with Crippen LogP contribution in [0.2, 0.25) is 0 Å². The van der Waals surface area contributed by atoms with Crippen molar-refractivity contribution in [3.05, 3.63) is 0 Å². The summed E-state index contributed by atoms with van der Waals surface area (Å²) in [5.74, 6) is -0.195. The van der Waals surface area contributed by atoms with Gasteiger partial charge in [0.15, 0.2) is 9.84 Å². The normalized spacial score (nSPS) is 25.2. The molecule has 0 aliphatic carbocycles. The Morgan fingerprint density at radius 2 is 2.18 bits per heavy atom. The van der Waals surface area contributed by atoms with Gasteiger partial charge in [-0.15, -0.1) is 0 Å². The Kier molecular flexibility index (Phi) is 5.39. The van der Waals surface area contributed by atoms with Crippen molar-refractivity contribution in [2.45, 2.75) is 50.3 Å². The maximum atomic E-state index is 11.7. The van der Waals surface area contributed by atoms with Crippen molar-refractivity contribution in [2.75, 3.05) is 12.3 Å². The van der Waals surface area contributed by atoms with Gasteiger partial charge < -0.3 is 11.1 Å². The molecule has 17 heavy (non-hydrogen) atoms. The highest BCUT2D eigenvalue weighted by atomic mass is 32.2. The fourth-order valence-electron chi connectivity index (χ4n) is 2.00. The van der Waals surface area contributed by atoms with Gasteiger partial charge in [-0.05, 0) is 32.6 Å². The largest absolute Gasteiger partial charge is 0.355 e. The highest BCUT2D eigenvalue weighted by Gasteiger charge is 2.34. The zero-order valence-corrected chi connectivity index (χ0v) is 11.1. The molecule has 0 aromatic heterocycles. The number of carbonyl (C=O) groups is 1. The second kappa shape index (κ2) is 6.35. The predicted molar refractivity (Wildman–Crippen MR) is 67.3 cm³/mol. The first-order valence-corrected chi connectivity index (χ1v) is 7.90. The van der Waals surface area contributed by atoms with E-state index in [4.69, 9.17) is 5.73 Å². The Balaban J connectivity index is 2.36. The number of amides is 1. The zero-order chi connectivity index (χ0) is 12.9. The number of carbonyl (C=O) groups excluding carboxylic acids is 1. The first kappa shape index (κ1) is 14.4. The van der Waals surface area contributed by atoms with Gasteiger partial charge in [-0.2, -0.15) is 0 Å². The molecule has 5 nitrogen and oxygen atoms in total. The van der Waals surface area contributed by atoms with E-state index in [1.165, 1.54) is 0 Å². The van der Waals surface area contributed by atoms with Crippen molar-refractivity contribution in [1.82, 2.24) is 5.32 Å². The van der Waals surface area contributed by atoms with E-state index >= 15 is 0 Å². The molecule has 1 aliphatic heterocycles. The van der Waals surface area contributed by atoms with Crippen LogP contribution < -0.4 is 11.1 Å². The summed E-state index contributed by atoms with van der Waals surface area (Å²) in [4.78, 5) is 11.7. The molecule has 0 aromatic rings. The standard InChI is InChI=1S/C11H22N2O3S/c1-9(12)5-4-7-13-11(14)10-6-2-3-8-17(10,15)16/h9-10H,2-8,12H2,1H3,(H,13,14). The minimum atomic E-state index is -3.21. The SMILES string of the molecule is CC(N)CCCNC(=O)C1CCCCS1(=O)=O. The summed E-state index contributed by atoms with van der Waals surface area (Å²) in [6.45, 7) is 2.42. The molecule has 1 amide bonds. The summed E-state index contributed by atoms with van der Waals surface area (Å²) < 4.78 is 23.4. The fraction of sp³-hybridized carbons (Fsp3) is 0.909. The summed E-state index contributed by atoms with van der Waals surface area (Å²) in [5.41, 5.74) is 5.59. The lowest BCUT2D eigenvalue weighted by atomic mass is 10.1. The fourth-order valence-corrected chi connectivity index (χ4v) is 3.82. The summed E-state index contributed by atoms with van der Waals surface area (Å²) in [5, 5.41) is 1.86. The van der Waals surface area contributed by atoms with E-state index in [-0.39, 0.29) is 17.7 Å². The van der Waals surface area contributed by atoms with Crippen LogP contribution in [0.5, 0.6) is 0 Å². The molecule has 1 aliphatic rings. The topological polar surface area (TPSA) is 89.3 Å². The molecule has 1 fully saturated rings. The van der Waals surface area contributed by atoms with Gasteiger partial charge in [-0.3, -0.25) is 4.79 Å². The minimum Gasteiger partial charge on any atom is -0.355 e. The van der Waals surface area contributed by atoms with Gasteiger partial charge >= 0.3 is 0 Å². The van der Waals surface area contributed by atoms with Gasteiger partial charge in [0.1, 0.15) is 5.25 Å². The van der Waals surface area contributed by atoms with Gasteiger partial charge in [0.25, 0.3) is 0 Å². The Labute approximate surface area is 103 Å². The smallest absolute Gasteiger partial charge is 0.238 e. The molecule has 0 spiro atoms. The van der Waals surface area contributed by atoms with Crippen LogP contribution in [0.3, 0.4) is 0 Å². The Hall–Kier alpha value is -0.620. The third-order valence-electron chi connectivity index (χ3n) is 3.01. The third-order valence-corrected chi connectivity index (χ3v) is 5.18. The van der Waals surface area contributed by atoms with Crippen LogP contribution in [-0.2, 0) is 14.6 Å². The highest BCUT2D eigenvalue weighted by Crippen LogP contribution is 2.19. The van der Waals surface area contributed by atoms with E-state index in [1.54, 1.807) is 0 Å². The first-order valence-electron chi connectivity index (χ1n) is 6.18. The quantitative estimate of drug-likeness (QED) is 0.693. The summed E-state index contributed by atoms with van der Waals surface area (Å²) in [6, 6.07) is 0.116. The van der Waals surface area contributed by atoms with Crippen molar-refractivity contribution in [2.24, 2.45) is 5.73 Å². The van der Waals surface area contributed by atoms with E-state index in [2.05, 4.69) is 5.32 Å². The highest BCUT2D eigenvalue weighted by molar-refractivity contribution is 7.92. The van der Waals surface area contributed by atoms with Crippen LogP contribution in [0.4, 0.5) is 0 Å². The van der Waals surface area contributed by atoms with Crippen molar-refractivity contribution >= 4 is 15.7 Å². The van der Waals surface area contributed by atoms with Crippen LogP contribution in [0.25, 0.3) is 0 Å². The molecule has 2 atom stereocenters. The van der Waals surface area contributed by atoms with Gasteiger partial charge in [0.2, 0.25) is 5.91 Å². The average Bonchev–Trinajstić information content (AvgIpc) is 2.23. The molecule has 1 saturated heterocycles. The molecule has 100 valence electrons. The molecule has 0 radical (unpaired) electrons. The maximum Gasteiger partial charge on any atom is 0.238 e. The van der Waals surface area contributed by atoms with E-state index < -0.39 is 15.1 Å². The molecule has 0 aromatic carbocycles. The van der Waals surface area contributed by atoms with Crippen LogP contribution in [0, 0.1) is 0 Å². The number of hydrogen-bond acceptors (Lipinski definition) is 4. The van der Waals surface area contributed by atoms with Crippen molar-refractivity contribution in [3.63, 3.8) is 0 Å². The van der Waals surface area contributed by atoms with Crippen molar-refractivity contribution in [3.8, 4) is 0 Å². The second-order valence-electron chi connectivity index (χ2n) is 4.76. The molecular formula is C11H22N2O3S. The molecule has 3 N–H and O–H groups in total. The second-order valence-corrected chi connectivity index (χ2v) is 7.06.